The molecular weight excluding hydrogens is 184 g/mol. The molecular formula is C9H16N2OS. The van der Waals surface area contributed by atoms with Crippen LogP contribution >= 0.6 is 11.3 Å². The van der Waals surface area contributed by atoms with E-state index in [4.69, 9.17) is 5.73 Å². The van der Waals surface area contributed by atoms with Gasteiger partial charge >= 0.3 is 0 Å². The largest absolute Gasteiger partial charge is 0.393 e. The summed E-state index contributed by atoms with van der Waals surface area (Å²) < 4.78 is 0. The van der Waals surface area contributed by atoms with E-state index in [1.807, 2.05) is 12.3 Å². The van der Waals surface area contributed by atoms with Crippen LogP contribution in [0.2, 0.25) is 0 Å². The number of nitrogens with zero attached hydrogens (tertiary/aromatic N) is 1. The van der Waals surface area contributed by atoms with E-state index in [0.29, 0.717) is 6.54 Å². The zero-order valence-electron chi connectivity index (χ0n) is 8.03. The van der Waals surface area contributed by atoms with Crippen molar-refractivity contribution in [1.82, 2.24) is 4.98 Å². The van der Waals surface area contributed by atoms with Gasteiger partial charge in [0.1, 0.15) is 0 Å². The summed E-state index contributed by atoms with van der Waals surface area (Å²) in [6, 6.07) is 0. The Balaban J connectivity index is 2.69. The molecule has 0 fully saturated rings. The fraction of sp³-hybridized carbons (Fsp3) is 0.667. The van der Waals surface area contributed by atoms with Gasteiger partial charge in [-0.15, -0.1) is 11.3 Å². The maximum Gasteiger partial charge on any atom is 0.0794 e. The lowest BCUT2D eigenvalue weighted by molar-refractivity contribution is 0.0583. The van der Waals surface area contributed by atoms with Crippen molar-refractivity contribution in [2.45, 2.75) is 26.4 Å². The first-order valence-corrected chi connectivity index (χ1v) is 5.28. The second kappa shape index (κ2) is 4.17. The monoisotopic (exact) mass is 200 g/mol. The fourth-order valence-corrected chi connectivity index (χ4v) is 1.69. The summed E-state index contributed by atoms with van der Waals surface area (Å²) in [4.78, 5) is 4.18. The van der Waals surface area contributed by atoms with E-state index in [1.54, 1.807) is 23.8 Å². The third kappa shape index (κ3) is 2.49. The molecule has 13 heavy (non-hydrogen) atoms. The number of aromatic nitrogens is 1. The van der Waals surface area contributed by atoms with Gasteiger partial charge in [-0.1, -0.05) is 6.92 Å². The number of aliphatic hydroxyl groups is 1. The Morgan fingerprint density at radius 3 is 2.85 bits per heavy atom. The van der Waals surface area contributed by atoms with Gasteiger partial charge in [-0.2, -0.15) is 0 Å². The Labute approximate surface area is 82.6 Å². The quantitative estimate of drug-likeness (QED) is 0.763. The Hall–Kier alpha value is -0.450. The average molecular weight is 200 g/mol. The van der Waals surface area contributed by atoms with Crippen LogP contribution < -0.4 is 5.73 Å². The molecule has 0 spiro atoms. The highest BCUT2D eigenvalue weighted by Gasteiger charge is 2.29. The second-order valence-corrected chi connectivity index (χ2v) is 4.41. The Kier molecular flexibility index (Phi) is 3.41. The molecule has 0 aromatic carbocycles. The van der Waals surface area contributed by atoms with Crippen molar-refractivity contribution in [3.05, 3.63) is 16.6 Å². The van der Waals surface area contributed by atoms with Crippen LogP contribution in [-0.2, 0) is 6.42 Å². The minimum absolute atomic E-state index is 0.256. The van der Waals surface area contributed by atoms with E-state index >= 15 is 0 Å². The summed E-state index contributed by atoms with van der Waals surface area (Å²) in [5.74, 6) is 0. The lowest BCUT2D eigenvalue weighted by Gasteiger charge is -2.30. The van der Waals surface area contributed by atoms with E-state index in [1.165, 1.54) is 0 Å². The molecule has 1 aromatic heterocycles. The topological polar surface area (TPSA) is 59.1 Å². The van der Waals surface area contributed by atoms with Crippen molar-refractivity contribution in [2.75, 3.05) is 6.54 Å². The molecule has 0 aliphatic rings. The van der Waals surface area contributed by atoms with Gasteiger partial charge in [-0.25, -0.2) is 4.98 Å². The lowest BCUT2D eigenvalue weighted by Crippen LogP contribution is -2.39. The summed E-state index contributed by atoms with van der Waals surface area (Å²) >= 11 is 1.57. The van der Waals surface area contributed by atoms with Gasteiger partial charge in [0.15, 0.2) is 0 Å². The van der Waals surface area contributed by atoms with Gasteiger partial charge < -0.3 is 10.8 Å². The van der Waals surface area contributed by atoms with Crippen LogP contribution in [0.4, 0.5) is 0 Å². The normalized spacial score (nSPS) is 18.2. The molecule has 1 rings (SSSR count). The van der Waals surface area contributed by atoms with Gasteiger partial charge in [0.2, 0.25) is 0 Å². The maximum absolute atomic E-state index is 9.57. The number of hydrogen-bond donors (Lipinski definition) is 2. The summed E-state index contributed by atoms with van der Waals surface area (Å²) in [7, 11) is 0. The first-order valence-electron chi connectivity index (χ1n) is 4.34. The Morgan fingerprint density at radius 2 is 2.46 bits per heavy atom. The van der Waals surface area contributed by atoms with Crippen molar-refractivity contribution >= 4 is 11.3 Å². The molecule has 3 nitrogen and oxygen atoms in total. The van der Waals surface area contributed by atoms with Gasteiger partial charge in [0.05, 0.1) is 17.3 Å². The van der Waals surface area contributed by atoms with E-state index in [2.05, 4.69) is 4.98 Å². The molecule has 0 saturated carbocycles. The van der Waals surface area contributed by atoms with E-state index in [-0.39, 0.29) is 5.41 Å². The van der Waals surface area contributed by atoms with Crippen molar-refractivity contribution in [3.63, 3.8) is 0 Å². The van der Waals surface area contributed by atoms with Crippen molar-refractivity contribution in [2.24, 2.45) is 11.1 Å². The summed E-state index contributed by atoms with van der Waals surface area (Å²) in [6.07, 6.45) is 0.337. The number of aliphatic hydroxyl groups excluding tert-OH is 1. The zero-order chi connectivity index (χ0) is 9.90. The SMILES string of the molecule is CC(O)C(C)(CN)Cc1cscn1. The third-order valence-electron chi connectivity index (χ3n) is 2.54. The first-order chi connectivity index (χ1) is 6.08. The Morgan fingerprint density at radius 1 is 1.77 bits per heavy atom. The van der Waals surface area contributed by atoms with Crippen molar-refractivity contribution in [3.8, 4) is 0 Å². The van der Waals surface area contributed by atoms with E-state index in [0.717, 1.165) is 12.1 Å². The molecule has 74 valence electrons. The number of nitrogens with two attached hydrogens (primary N) is 1. The predicted molar refractivity (Wildman–Crippen MR) is 54.7 cm³/mol. The molecule has 2 atom stereocenters. The lowest BCUT2D eigenvalue weighted by atomic mass is 9.81. The molecule has 0 aliphatic heterocycles. The summed E-state index contributed by atoms with van der Waals surface area (Å²) in [5.41, 5.74) is 8.20. The molecule has 0 radical (unpaired) electrons. The number of rotatable bonds is 4. The highest BCUT2D eigenvalue weighted by atomic mass is 32.1. The van der Waals surface area contributed by atoms with Gasteiger partial charge in [0, 0.05) is 17.3 Å². The van der Waals surface area contributed by atoms with Crippen LogP contribution in [-0.4, -0.2) is 22.7 Å². The second-order valence-electron chi connectivity index (χ2n) is 3.69. The third-order valence-corrected chi connectivity index (χ3v) is 3.18. The predicted octanol–water partition coefficient (Wildman–Crippen LogP) is 1.03. The molecule has 1 heterocycles. The molecule has 1 aromatic rings. The molecule has 4 heteroatoms. The summed E-state index contributed by atoms with van der Waals surface area (Å²) in [5, 5.41) is 11.6. The van der Waals surface area contributed by atoms with E-state index in [9.17, 15) is 5.11 Å². The Bertz CT molecular complexity index is 248. The number of thiazole rings is 1. The molecule has 0 saturated heterocycles. The van der Waals surface area contributed by atoms with Gasteiger partial charge in [0.25, 0.3) is 0 Å². The van der Waals surface area contributed by atoms with Crippen LogP contribution in [0.25, 0.3) is 0 Å². The van der Waals surface area contributed by atoms with Crippen molar-refractivity contribution in [1.29, 1.82) is 0 Å². The molecule has 2 unspecified atom stereocenters. The van der Waals surface area contributed by atoms with Crippen LogP contribution in [0.5, 0.6) is 0 Å². The number of hydrogen-bond acceptors (Lipinski definition) is 4. The van der Waals surface area contributed by atoms with Crippen LogP contribution in [0.3, 0.4) is 0 Å². The van der Waals surface area contributed by atoms with Crippen LogP contribution in [0, 0.1) is 5.41 Å². The van der Waals surface area contributed by atoms with Crippen molar-refractivity contribution < 1.29 is 5.11 Å². The minimum Gasteiger partial charge on any atom is -0.393 e. The standard InChI is InChI=1S/C9H16N2OS/c1-7(12)9(2,5-10)3-8-4-13-6-11-8/h4,6-7,12H,3,5,10H2,1-2H3. The van der Waals surface area contributed by atoms with Gasteiger partial charge in [-0.05, 0) is 13.3 Å². The molecule has 0 amide bonds. The molecule has 0 aliphatic carbocycles. The first kappa shape index (κ1) is 10.6. The van der Waals surface area contributed by atoms with Crippen LogP contribution in [0.1, 0.15) is 19.5 Å². The summed E-state index contributed by atoms with van der Waals surface area (Å²) in [6.45, 7) is 4.23. The van der Waals surface area contributed by atoms with Gasteiger partial charge in [-0.3, -0.25) is 0 Å². The fourth-order valence-electron chi connectivity index (χ4n) is 1.13. The van der Waals surface area contributed by atoms with Crippen LogP contribution in [0.15, 0.2) is 10.9 Å². The highest BCUT2D eigenvalue weighted by molar-refractivity contribution is 7.07. The molecule has 0 bridgehead atoms. The highest BCUT2D eigenvalue weighted by Crippen LogP contribution is 2.25. The smallest absolute Gasteiger partial charge is 0.0794 e. The van der Waals surface area contributed by atoms with E-state index < -0.39 is 6.10 Å². The molecule has 3 N–H and O–H groups in total. The minimum atomic E-state index is -0.404. The average Bonchev–Trinajstić information content (AvgIpc) is 2.56. The maximum atomic E-state index is 9.57. The zero-order valence-corrected chi connectivity index (χ0v) is 8.84.